The lowest BCUT2D eigenvalue weighted by Crippen LogP contribution is -2.41. The van der Waals surface area contributed by atoms with Gasteiger partial charge in [-0.1, -0.05) is 18.2 Å². The molecule has 4 rings (SSSR count). The molecule has 1 saturated heterocycles. The van der Waals surface area contributed by atoms with Crippen LogP contribution in [0.25, 0.3) is 10.8 Å². The van der Waals surface area contributed by atoms with Crippen LogP contribution in [-0.2, 0) is 0 Å². The number of benzene rings is 1. The fourth-order valence-electron chi connectivity index (χ4n) is 3.30. The van der Waals surface area contributed by atoms with Crippen LogP contribution in [0.15, 0.2) is 30.5 Å². The van der Waals surface area contributed by atoms with Crippen molar-refractivity contribution in [3.8, 4) is 5.88 Å². The van der Waals surface area contributed by atoms with Crippen molar-refractivity contribution in [2.45, 2.75) is 32.8 Å². The van der Waals surface area contributed by atoms with Gasteiger partial charge in [0.15, 0.2) is 0 Å². The molecule has 0 spiro atoms. The first-order valence-corrected chi connectivity index (χ1v) is 9.54. The molecule has 1 aliphatic heterocycles. The molecule has 3 aromatic rings. The van der Waals surface area contributed by atoms with Crippen LogP contribution in [0.1, 0.15) is 33.2 Å². The molecule has 1 aliphatic rings. The van der Waals surface area contributed by atoms with Crippen LogP contribution >= 0.6 is 11.3 Å². The first-order valence-electron chi connectivity index (χ1n) is 8.72. The average Bonchev–Trinajstić information content (AvgIpc) is 3.00. The topological polar surface area (TPSA) is 68.2 Å². The van der Waals surface area contributed by atoms with E-state index in [-0.39, 0.29) is 12.0 Å². The minimum absolute atomic E-state index is 0.0449. The highest BCUT2D eigenvalue weighted by molar-refractivity contribution is 7.13. The van der Waals surface area contributed by atoms with E-state index in [1.165, 1.54) is 11.3 Å². The molecule has 0 aliphatic carbocycles. The molecule has 0 radical (unpaired) electrons. The Morgan fingerprint density at radius 2 is 2.00 bits per heavy atom. The number of aryl methyl sites for hydroxylation is 2. The lowest BCUT2D eigenvalue weighted by atomic mass is 10.1. The maximum Gasteiger partial charge on any atom is 0.265 e. The van der Waals surface area contributed by atoms with E-state index < -0.39 is 0 Å². The zero-order valence-electron chi connectivity index (χ0n) is 14.8. The Bertz CT molecular complexity index is 942. The van der Waals surface area contributed by atoms with Crippen LogP contribution in [0.3, 0.4) is 0 Å². The Balaban J connectivity index is 1.42. The van der Waals surface area contributed by atoms with E-state index in [2.05, 4.69) is 15.2 Å². The third-order valence-corrected chi connectivity index (χ3v) is 5.70. The number of fused-ring (bicyclic) bond motifs is 1. The molecule has 26 heavy (non-hydrogen) atoms. The molecule has 6 nitrogen and oxygen atoms in total. The average molecular weight is 368 g/mol. The first kappa shape index (κ1) is 16.9. The Morgan fingerprint density at radius 3 is 2.73 bits per heavy atom. The second kappa shape index (κ2) is 6.99. The van der Waals surface area contributed by atoms with E-state index in [0.29, 0.717) is 19.0 Å². The molecule has 134 valence electrons. The van der Waals surface area contributed by atoms with Crippen LogP contribution in [0.4, 0.5) is 0 Å². The largest absolute Gasteiger partial charge is 0.473 e. The molecule has 0 unspecified atom stereocenters. The highest BCUT2D eigenvalue weighted by Gasteiger charge is 2.27. The Kier molecular flexibility index (Phi) is 4.55. The number of hydrogen-bond donors (Lipinski definition) is 0. The summed E-state index contributed by atoms with van der Waals surface area (Å²) in [7, 11) is 0. The van der Waals surface area contributed by atoms with Gasteiger partial charge in [-0.15, -0.1) is 16.4 Å². The summed E-state index contributed by atoms with van der Waals surface area (Å²) in [4.78, 5) is 19.7. The number of rotatable bonds is 3. The van der Waals surface area contributed by atoms with Gasteiger partial charge in [-0.2, -0.15) is 5.10 Å². The molecular weight excluding hydrogens is 348 g/mol. The van der Waals surface area contributed by atoms with Gasteiger partial charge in [-0.25, -0.2) is 4.98 Å². The summed E-state index contributed by atoms with van der Waals surface area (Å²) in [5, 5.41) is 11.1. The number of likely N-dealkylation sites (tertiary alicyclic amines) is 1. The maximum absolute atomic E-state index is 12.7. The van der Waals surface area contributed by atoms with Crippen LogP contribution in [0, 0.1) is 13.8 Å². The van der Waals surface area contributed by atoms with Crippen LogP contribution in [-0.4, -0.2) is 45.2 Å². The van der Waals surface area contributed by atoms with Crippen molar-refractivity contribution in [1.29, 1.82) is 0 Å². The molecule has 0 atom stereocenters. The van der Waals surface area contributed by atoms with Gasteiger partial charge in [0.1, 0.15) is 11.0 Å². The molecule has 1 aromatic carbocycles. The smallest absolute Gasteiger partial charge is 0.265 e. The number of piperidine rings is 1. The van der Waals surface area contributed by atoms with Crippen molar-refractivity contribution in [2.75, 3.05) is 13.1 Å². The van der Waals surface area contributed by atoms with Gasteiger partial charge in [-0.05, 0) is 19.9 Å². The zero-order chi connectivity index (χ0) is 18.1. The number of nitrogens with zero attached hydrogens (tertiary/aromatic N) is 4. The highest BCUT2D eigenvalue weighted by atomic mass is 32.1. The van der Waals surface area contributed by atoms with E-state index in [0.717, 1.165) is 39.2 Å². The van der Waals surface area contributed by atoms with Gasteiger partial charge < -0.3 is 9.64 Å². The highest BCUT2D eigenvalue weighted by Crippen LogP contribution is 2.26. The number of hydrogen-bond acceptors (Lipinski definition) is 6. The third-order valence-electron chi connectivity index (χ3n) is 4.64. The predicted octanol–water partition coefficient (Wildman–Crippen LogP) is 3.39. The van der Waals surface area contributed by atoms with Crippen molar-refractivity contribution in [1.82, 2.24) is 20.1 Å². The predicted molar refractivity (Wildman–Crippen MR) is 101 cm³/mol. The summed E-state index contributed by atoms with van der Waals surface area (Å²) < 4.78 is 6.11. The Morgan fingerprint density at radius 1 is 1.23 bits per heavy atom. The third kappa shape index (κ3) is 3.26. The minimum atomic E-state index is 0.0449. The van der Waals surface area contributed by atoms with Crippen molar-refractivity contribution in [3.05, 3.63) is 46.0 Å². The van der Waals surface area contributed by atoms with E-state index in [4.69, 9.17) is 4.74 Å². The van der Waals surface area contributed by atoms with Gasteiger partial charge in [0.25, 0.3) is 5.91 Å². The van der Waals surface area contributed by atoms with Crippen LogP contribution in [0.5, 0.6) is 5.88 Å². The van der Waals surface area contributed by atoms with Crippen LogP contribution in [0.2, 0.25) is 0 Å². The molecule has 0 saturated carbocycles. The van der Waals surface area contributed by atoms with Gasteiger partial charge >= 0.3 is 0 Å². The number of ether oxygens (including phenoxy) is 1. The van der Waals surface area contributed by atoms with E-state index in [9.17, 15) is 4.79 Å². The van der Waals surface area contributed by atoms with Gasteiger partial charge in [-0.3, -0.25) is 4.79 Å². The summed E-state index contributed by atoms with van der Waals surface area (Å²) in [6, 6.07) is 7.93. The minimum Gasteiger partial charge on any atom is -0.473 e. The van der Waals surface area contributed by atoms with Gasteiger partial charge in [0, 0.05) is 36.7 Å². The Labute approximate surface area is 155 Å². The fraction of sp³-hybridized carbons (Fsp3) is 0.368. The summed E-state index contributed by atoms with van der Waals surface area (Å²) in [5.74, 6) is 0.651. The van der Waals surface area contributed by atoms with Crippen molar-refractivity contribution in [2.24, 2.45) is 0 Å². The first-order chi connectivity index (χ1) is 12.6. The van der Waals surface area contributed by atoms with E-state index in [1.54, 1.807) is 6.20 Å². The number of amides is 1. The van der Waals surface area contributed by atoms with Crippen molar-refractivity contribution < 1.29 is 9.53 Å². The number of carbonyl (C=O) groups excluding carboxylic acids is 1. The lowest BCUT2D eigenvalue weighted by Gasteiger charge is -2.31. The molecule has 1 amide bonds. The van der Waals surface area contributed by atoms with Crippen LogP contribution < -0.4 is 4.74 Å². The molecule has 0 bridgehead atoms. The number of carbonyl (C=O) groups is 1. The van der Waals surface area contributed by atoms with Gasteiger partial charge in [0.2, 0.25) is 5.88 Å². The molecule has 1 fully saturated rings. The Hall–Kier alpha value is -2.54. The lowest BCUT2D eigenvalue weighted by molar-refractivity contribution is 0.0592. The van der Waals surface area contributed by atoms with E-state index in [1.807, 2.05) is 43.0 Å². The van der Waals surface area contributed by atoms with E-state index >= 15 is 0 Å². The molecule has 2 aromatic heterocycles. The maximum atomic E-state index is 12.7. The van der Waals surface area contributed by atoms with Crippen molar-refractivity contribution in [3.63, 3.8) is 0 Å². The number of aromatic nitrogens is 3. The molecule has 7 heteroatoms. The quantitative estimate of drug-likeness (QED) is 0.709. The SMILES string of the molecule is Cc1nc(C)c(C(=O)N2CCC(Oc3nncc4ccccc34)CC2)s1. The van der Waals surface area contributed by atoms with Gasteiger partial charge in [0.05, 0.1) is 16.9 Å². The van der Waals surface area contributed by atoms with Crippen molar-refractivity contribution >= 4 is 28.0 Å². The monoisotopic (exact) mass is 368 g/mol. The second-order valence-corrected chi connectivity index (χ2v) is 7.70. The zero-order valence-corrected chi connectivity index (χ0v) is 15.6. The summed E-state index contributed by atoms with van der Waals surface area (Å²) >= 11 is 1.47. The normalized spacial score (nSPS) is 15.4. The summed E-state index contributed by atoms with van der Waals surface area (Å²) in [5.41, 5.74) is 0.821. The molecular formula is C19H20N4O2S. The summed E-state index contributed by atoms with van der Waals surface area (Å²) in [6.45, 7) is 5.18. The molecule has 0 N–H and O–H groups in total. The second-order valence-electron chi connectivity index (χ2n) is 6.49. The molecule has 3 heterocycles. The summed E-state index contributed by atoms with van der Waals surface area (Å²) in [6.07, 6.45) is 3.35. The fourth-order valence-corrected chi connectivity index (χ4v) is 4.18. The number of thiazole rings is 1. The standard InChI is InChI=1S/C19H20N4O2S/c1-12-17(26-13(2)21-12)19(24)23-9-7-15(8-10-23)25-18-16-6-4-3-5-14(16)11-20-22-18/h3-6,11,15H,7-10H2,1-2H3.